The number of hydrogen-bond acceptors (Lipinski definition) is 5. The second-order valence-electron chi connectivity index (χ2n) is 7.65. The fourth-order valence-electron chi connectivity index (χ4n) is 3.36. The second kappa shape index (κ2) is 11.7. The first-order valence-electron chi connectivity index (χ1n) is 10.6. The van der Waals surface area contributed by atoms with Crippen molar-refractivity contribution in [3.05, 3.63) is 54.4 Å². The van der Waals surface area contributed by atoms with Crippen LogP contribution in [0.25, 0.3) is 11.0 Å². The van der Waals surface area contributed by atoms with Gasteiger partial charge in [0.2, 0.25) is 0 Å². The van der Waals surface area contributed by atoms with Crippen molar-refractivity contribution in [1.82, 2.24) is 15.3 Å². The highest BCUT2D eigenvalue weighted by Gasteiger charge is 2.38. The monoisotopic (exact) mass is 465 g/mol. The third-order valence-electron chi connectivity index (χ3n) is 5.19. The summed E-state index contributed by atoms with van der Waals surface area (Å²) in [5.41, 5.74) is 3.19. The van der Waals surface area contributed by atoms with Crippen LogP contribution in [0.4, 0.5) is 13.2 Å². The summed E-state index contributed by atoms with van der Waals surface area (Å²) in [4.78, 5) is 16.2. The Bertz CT molecular complexity index is 1020. The van der Waals surface area contributed by atoms with Gasteiger partial charge in [-0.05, 0) is 61.6 Å². The average molecular weight is 465 g/mol. The normalized spacial score (nSPS) is 14.5. The summed E-state index contributed by atoms with van der Waals surface area (Å²) >= 11 is 0. The molecule has 178 valence electrons. The molecule has 0 unspecified atom stereocenters. The van der Waals surface area contributed by atoms with Gasteiger partial charge in [0.25, 0.3) is 0 Å². The lowest BCUT2D eigenvalue weighted by molar-refractivity contribution is -0.192. The van der Waals surface area contributed by atoms with Crippen LogP contribution in [0.3, 0.4) is 0 Å². The maximum atomic E-state index is 10.6. The Morgan fingerprint density at radius 3 is 2.48 bits per heavy atom. The maximum Gasteiger partial charge on any atom is 0.490 e. The van der Waals surface area contributed by atoms with Crippen LogP contribution in [-0.4, -0.2) is 47.0 Å². The number of alkyl halides is 3. The molecule has 3 N–H and O–H groups in total. The number of carbonyl (C=O) groups is 1. The third kappa shape index (κ3) is 8.07. The lowest BCUT2D eigenvalue weighted by Crippen LogP contribution is -2.22. The van der Waals surface area contributed by atoms with Crippen LogP contribution in [0.5, 0.6) is 11.5 Å². The highest BCUT2D eigenvalue weighted by molar-refractivity contribution is 5.76. The lowest BCUT2D eigenvalue weighted by Gasteiger charge is -2.21. The molecule has 0 radical (unpaired) electrons. The molecule has 0 saturated carbocycles. The lowest BCUT2D eigenvalue weighted by atomic mass is 9.97. The van der Waals surface area contributed by atoms with Crippen molar-refractivity contribution in [3.63, 3.8) is 0 Å². The molecule has 1 aliphatic heterocycles. The number of carboxylic acid groups (broad SMARTS) is 1. The first-order chi connectivity index (χ1) is 15.8. The first-order valence-corrected chi connectivity index (χ1v) is 10.6. The van der Waals surface area contributed by atoms with Crippen LogP contribution in [0.1, 0.15) is 24.8 Å². The van der Waals surface area contributed by atoms with Gasteiger partial charge in [0.05, 0.1) is 17.4 Å². The molecule has 7 nitrogen and oxygen atoms in total. The Hall–Kier alpha value is -3.11. The number of halogens is 3. The number of fused-ring (bicyclic) bond motifs is 1. The Balaban J connectivity index is 0.000000383. The molecular weight excluding hydrogens is 439 g/mol. The number of benzene rings is 2. The van der Waals surface area contributed by atoms with Gasteiger partial charge in [-0.15, -0.1) is 0 Å². The van der Waals surface area contributed by atoms with Crippen molar-refractivity contribution in [2.75, 3.05) is 19.8 Å². The summed E-state index contributed by atoms with van der Waals surface area (Å²) in [6.45, 7) is 3.81. The summed E-state index contributed by atoms with van der Waals surface area (Å²) in [6, 6.07) is 14.1. The predicted molar refractivity (Wildman–Crippen MR) is 116 cm³/mol. The van der Waals surface area contributed by atoms with E-state index < -0.39 is 12.1 Å². The SMILES string of the molecule is O=C(O)C(F)(F)F.c1nc2cc(Oc3ccc(CNCCC4CCOCC4)cc3)ccc2[nH]1. The van der Waals surface area contributed by atoms with Crippen molar-refractivity contribution in [3.8, 4) is 11.5 Å². The van der Waals surface area contributed by atoms with Crippen LogP contribution in [-0.2, 0) is 16.1 Å². The minimum absolute atomic E-state index is 0.798. The van der Waals surface area contributed by atoms with E-state index in [1.165, 1.54) is 24.8 Å². The standard InChI is InChI=1S/C21H25N3O2.C2HF3O2/c1-3-18(26-19-5-6-20-21(13-19)24-15-23-20)4-2-17(1)14-22-10-7-16-8-11-25-12-9-16;3-2(4,5)1(6)7/h1-6,13,15-16,22H,7-12,14H2,(H,23,24);(H,6,7). The molecule has 1 saturated heterocycles. The van der Waals surface area contributed by atoms with Gasteiger partial charge < -0.3 is 24.9 Å². The number of H-pyrrole nitrogens is 1. The van der Waals surface area contributed by atoms with E-state index in [2.05, 4.69) is 27.4 Å². The molecule has 4 rings (SSSR count). The van der Waals surface area contributed by atoms with E-state index in [-0.39, 0.29) is 0 Å². The van der Waals surface area contributed by atoms with Crippen LogP contribution in [0, 0.1) is 5.92 Å². The number of imidazole rings is 1. The molecule has 1 aliphatic rings. The number of nitrogens with zero attached hydrogens (tertiary/aromatic N) is 1. The van der Waals surface area contributed by atoms with E-state index in [4.69, 9.17) is 19.4 Å². The number of nitrogens with one attached hydrogen (secondary N) is 2. The molecule has 0 atom stereocenters. The minimum Gasteiger partial charge on any atom is -0.475 e. The summed E-state index contributed by atoms with van der Waals surface area (Å²) in [6.07, 6.45) is 0.258. The molecule has 10 heteroatoms. The Morgan fingerprint density at radius 1 is 1.15 bits per heavy atom. The summed E-state index contributed by atoms with van der Waals surface area (Å²) in [5, 5.41) is 10.7. The Morgan fingerprint density at radius 2 is 1.82 bits per heavy atom. The molecule has 3 aromatic rings. The van der Waals surface area contributed by atoms with Gasteiger partial charge >= 0.3 is 12.1 Å². The minimum atomic E-state index is -5.08. The van der Waals surface area contributed by atoms with E-state index in [0.29, 0.717) is 0 Å². The van der Waals surface area contributed by atoms with Crippen molar-refractivity contribution in [2.45, 2.75) is 32.0 Å². The van der Waals surface area contributed by atoms with Crippen molar-refractivity contribution in [1.29, 1.82) is 0 Å². The van der Waals surface area contributed by atoms with E-state index in [1.807, 2.05) is 30.3 Å². The van der Waals surface area contributed by atoms with Gasteiger partial charge in [-0.1, -0.05) is 12.1 Å². The van der Waals surface area contributed by atoms with Crippen LogP contribution in [0.2, 0.25) is 0 Å². The fourth-order valence-corrected chi connectivity index (χ4v) is 3.36. The highest BCUT2D eigenvalue weighted by Crippen LogP contribution is 2.24. The number of ether oxygens (including phenoxy) is 2. The van der Waals surface area contributed by atoms with E-state index in [1.54, 1.807) is 6.33 Å². The van der Waals surface area contributed by atoms with E-state index in [0.717, 1.165) is 54.8 Å². The molecule has 0 bridgehead atoms. The smallest absolute Gasteiger partial charge is 0.475 e. The zero-order chi connectivity index (χ0) is 23.7. The predicted octanol–water partition coefficient (Wildman–Crippen LogP) is 4.89. The molecule has 0 aliphatic carbocycles. The molecule has 2 heterocycles. The van der Waals surface area contributed by atoms with Crippen molar-refractivity contribution >= 4 is 17.0 Å². The van der Waals surface area contributed by atoms with Gasteiger partial charge in [0.15, 0.2) is 0 Å². The van der Waals surface area contributed by atoms with Gasteiger partial charge in [-0.25, -0.2) is 9.78 Å². The Kier molecular flexibility index (Phi) is 8.67. The quantitative estimate of drug-likeness (QED) is 0.430. The largest absolute Gasteiger partial charge is 0.490 e. The second-order valence-corrected chi connectivity index (χ2v) is 7.65. The number of aromatic nitrogens is 2. The van der Waals surface area contributed by atoms with Crippen LogP contribution in [0.15, 0.2) is 48.8 Å². The zero-order valence-corrected chi connectivity index (χ0v) is 17.9. The molecule has 0 spiro atoms. The van der Waals surface area contributed by atoms with Crippen LogP contribution >= 0.6 is 0 Å². The summed E-state index contributed by atoms with van der Waals surface area (Å²) in [5.74, 6) is -0.302. The Labute approximate surface area is 188 Å². The number of rotatable bonds is 7. The van der Waals surface area contributed by atoms with Gasteiger partial charge in [-0.3, -0.25) is 0 Å². The zero-order valence-electron chi connectivity index (χ0n) is 17.9. The van der Waals surface area contributed by atoms with Gasteiger partial charge in [-0.2, -0.15) is 13.2 Å². The molecule has 33 heavy (non-hydrogen) atoms. The van der Waals surface area contributed by atoms with Crippen molar-refractivity contribution < 1.29 is 32.5 Å². The first kappa shape index (κ1) is 24.5. The topological polar surface area (TPSA) is 96.5 Å². The molecule has 2 aromatic carbocycles. The van der Waals surface area contributed by atoms with Gasteiger partial charge in [0, 0.05) is 25.8 Å². The summed E-state index contributed by atoms with van der Waals surface area (Å²) in [7, 11) is 0. The van der Waals surface area contributed by atoms with Gasteiger partial charge in [0.1, 0.15) is 11.5 Å². The third-order valence-corrected chi connectivity index (χ3v) is 5.19. The molecular formula is C23H26F3N3O4. The number of aliphatic carboxylic acids is 1. The average Bonchev–Trinajstić information content (AvgIpc) is 3.26. The van der Waals surface area contributed by atoms with Crippen molar-refractivity contribution in [2.24, 2.45) is 5.92 Å². The fraction of sp³-hybridized carbons (Fsp3) is 0.391. The number of aromatic amines is 1. The highest BCUT2D eigenvalue weighted by atomic mass is 19.4. The molecule has 1 aromatic heterocycles. The molecule has 0 amide bonds. The van der Waals surface area contributed by atoms with E-state index in [9.17, 15) is 13.2 Å². The number of hydrogen-bond donors (Lipinski definition) is 3. The number of carboxylic acids is 1. The molecule has 1 fully saturated rings. The van der Waals surface area contributed by atoms with E-state index >= 15 is 0 Å². The van der Waals surface area contributed by atoms with Crippen LogP contribution < -0.4 is 10.1 Å². The maximum absolute atomic E-state index is 10.6. The summed E-state index contributed by atoms with van der Waals surface area (Å²) < 4.78 is 43.1.